The molecule has 0 aliphatic heterocycles. The van der Waals surface area contributed by atoms with Crippen molar-refractivity contribution in [3.8, 4) is 0 Å². The molecule has 0 aliphatic carbocycles. The van der Waals surface area contributed by atoms with Gasteiger partial charge in [0.05, 0.1) is 0 Å². The van der Waals surface area contributed by atoms with Crippen molar-refractivity contribution in [3.63, 3.8) is 0 Å². The normalized spacial score (nSPS) is 12.2. The first-order valence-corrected chi connectivity index (χ1v) is 11.7. The van der Waals surface area contributed by atoms with Crippen LogP contribution in [0.3, 0.4) is 0 Å². The molecule has 27 heavy (non-hydrogen) atoms. The first-order valence-electron chi connectivity index (χ1n) is 11.7. The first kappa shape index (κ1) is 24.0. The number of benzene rings is 1. The second kappa shape index (κ2) is 17.0. The van der Waals surface area contributed by atoms with Gasteiger partial charge in [-0.2, -0.15) is 0 Å². The minimum absolute atomic E-state index is 0.358. The SMILES string of the molecule is C=Cc1ccc(CCC(N)CCCCCCCCCCCCCCC)cc1. The number of nitrogens with two attached hydrogens (primary N) is 1. The quantitative estimate of drug-likeness (QED) is 0.259. The van der Waals surface area contributed by atoms with Crippen LogP contribution in [0.2, 0.25) is 0 Å². The second-order valence-corrected chi connectivity index (χ2v) is 8.28. The lowest BCUT2D eigenvalue weighted by molar-refractivity contribution is 0.503. The van der Waals surface area contributed by atoms with Crippen molar-refractivity contribution in [2.45, 2.75) is 116 Å². The molecule has 0 aliphatic rings. The summed E-state index contributed by atoms with van der Waals surface area (Å²) in [6.07, 6.45) is 23.7. The summed E-state index contributed by atoms with van der Waals surface area (Å²) in [6.45, 7) is 6.09. The zero-order chi connectivity index (χ0) is 19.6. The fourth-order valence-electron chi connectivity index (χ4n) is 3.74. The van der Waals surface area contributed by atoms with Gasteiger partial charge in [-0.1, -0.05) is 127 Å². The number of unbranched alkanes of at least 4 members (excludes halogenated alkanes) is 12. The van der Waals surface area contributed by atoms with Gasteiger partial charge in [0.25, 0.3) is 0 Å². The summed E-state index contributed by atoms with van der Waals surface area (Å²) in [7, 11) is 0. The molecule has 1 nitrogen and oxygen atoms in total. The van der Waals surface area contributed by atoms with Gasteiger partial charge in [0, 0.05) is 6.04 Å². The Morgan fingerprint density at radius 2 is 1.22 bits per heavy atom. The van der Waals surface area contributed by atoms with Crippen LogP contribution in [0.4, 0.5) is 0 Å². The van der Waals surface area contributed by atoms with Crippen LogP contribution in [0.15, 0.2) is 30.8 Å². The standard InChI is InChI=1S/C26H45N/c1-3-5-6-7-8-9-10-11-12-13-14-15-16-17-26(27)23-22-25-20-18-24(4-2)19-21-25/h4,18-21,26H,2-3,5-17,22-23,27H2,1H3. The predicted octanol–water partition coefficient (Wildman–Crippen LogP) is 8.07. The van der Waals surface area contributed by atoms with Crippen LogP contribution in [0.1, 0.15) is 114 Å². The maximum Gasteiger partial charge on any atom is 0.00419 e. The van der Waals surface area contributed by atoms with Crippen LogP contribution in [-0.4, -0.2) is 6.04 Å². The highest BCUT2D eigenvalue weighted by atomic mass is 14.6. The van der Waals surface area contributed by atoms with E-state index in [1.807, 2.05) is 6.08 Å². The molecule has 0 saturated carbocycles. The third kappa shape index (κ3) is 13.7. The van der Waals surface area contributed by atoms with E-state index in [0.717, 1.165) is 12.8 Å². The molecular weight excluding hydrogens is 326 g/mol. The highest BCUT2D eigenvalue weighted by Gasteiger charge is 2.03. The Bertz CT molecular complexity index is 448. The van der Waals surface area contributed by atoms with Crippen LogP contribution < -0.4 is 5.73 Å². The van der Waals surface area contributed by atoms with Gasteiger partial charge in [-0.25, -0.2) is 0 Å². The van der Waals surface area contributed by atoms with Gasteiger partial charge in [-0.05, 0) is 30.4 Å². The average Bonchev–Trinajstić information content (AvgIpc) is 2.70. The van der Waals surface area contributed by atoms with E-state index in [-0.39, 0.29) is 0 Å². The van der Waals surface area contributed by atoms with E-state index in [9.17, 15) is 0 Å². The molecule has 0 radical (unpaired) electrons. The van der Waals surface area contributed by atoms with Crippen molar-refractivity contribution in [2.75, 3.05) is 0 Å². The maximum atomic E-state index is 6.30. The van der Waals surface area contributed by atoms with E-state index < -0.39 is 0 Å². The van der Waals surface area contributed by atoms with Crippen LogP contribution in [-0.2, 0) is 6.42 Å². The van der Waals surface area contributed by atoms with Gasteiger partial charge >= 0.3 is 0 Å². The van der Waals surface area contributed by atoms with E-state index in [1.54, 1.807) is 0 Å². The number of hydrogen-bond acceptors (Lipinski definition) is 1. The minimum atomic E-state index is 0.358. The molecule has 0 fully saturated rings. The second-order valence-electron chi connectivity index (χ2n) is 8.28. The summed E-state index contributed by atoms with van der Waals surface area (Å²) in [5.74, 6) is 0. The highest BCUT2D eigenvalue weighted by molar-refractivity contribution is 5.47. The molecule has 1 rings (SSSR count). The van der Waals surface area contributed by atoms with E-state index in [4.69, 9.17) is 5.73 Å². The summed E-state index contributed by atoms with van der Waals surface area (Å²) in [6, 6.07) is 9.04. The molecule has 2 N–H and O–H groups in total. The van der Waals surface area contributed by atoms with Gasteiger partial charge in [0.1, 0.15) is 0 Å². The number of rotatable bonds is 18. The van der Waals surface area contributed by atoms with Gasteiger partial charge < -0.3 is 5.73 Å². The van der Waals surface area contributed by atoms with E-state index in [1.165, 1.54) is 101 Å². The van der Waals surface area contributed by atoms with Crippen LogP contribution in [0, 0.1) is 0 Å². The van der Waals surface area contributed by atoms with Crippen LogP contribution >= 0.6 is 0 Å². The highest BCUT2D eigenvalue weighted by Crippen LogP contribution is 2.14. The summed E-state index contributed by atoms with van der Waals surface area (Å²) in [4.78, 5) is 0. The van der Waals surface area contributed by atoms with E-state index >= 15 is 0 Å². The summed E-state index contributed by atoms with van der Waals surface area (Å²) in [5, 5.41) is 0. The number of hydrogen-bond donors (Lipinski definition) is 1. The molecule has 0 saturated heterocycles. The topological polar surface area (TPSA) is 26.0 Å². The van der Waals surface area contributed by atoms with Crippen molar-refractivity contribution in [1.82, 2.24) is 0 Å². The predicted molar refractivity (Wildman–Crippen MR) is 123 cm³/mol. The fraction of sp³-hybridized carbons (Fsp3) is 0.692. The van der Waals surface area contributed by atoms with Crippen molar-refractivity contribution in [3.05, 3.63) is 42.0 Å². The molecule has 1 aromatic carbocycles. The molecule has 1 aromatic rings. The van der Waals surface area contributed by atoms with Crippen LogP contribution in [0.25, 0.3) is 6.08 Å². The Hall–Kier alpha value is -1.08. The summed E-state index contributed by atoms with van der Waals surface area (Å²) < 4.78 is 0. The zero-order valence-corrected chi connectivity index (χ0v) is 18.1. The smallest absolute Gasteiger partial charge is 0.00419 e. The Morgan fingerprint density at radius 1 is 0.741 bits per heavy atom. The molecule has 1 unspecified atom stereocenters. The Morgan fingerprint density at radius 3 is 1.70 bits per heavy atom. The van der Waals surface area contributed by atoms with Crippen molar-refractivity contribution in [1.29, 1.82) is 0 Å². The van der Waals surface area contributed by atoms with Crippen molar-refractivity contribution in [2.24, 2.45) is 5.73 Å². The molecule has 1 heteroatoms. The van der Waals surface area contributed by atoms with E-state index in [2.05, 4.69) is 37.8 Å². The molecule has 1 atom stereocenters. The van der Waals surface area contributed by atoms with E-state index in [0.29, 0.717) is 6.04 Å². The Labute approximate surface area is 169 Å². The molecule has 0 heterocycles. The van der Waals surface area contributed by atoms with Gasteiger partial charge in [0.2, 0.25) is 0 Å². The largest absolute Gasteiger partial charge is 0.328 e. The molecular formula is C26H45N. The zero-order valence-electron chi connectivity index (χ0n) is 18.1. The third-order valence-corrected chi connectivity index (χ3v) is 5.70. The maximum absolute atomic E-state index is 6.30. The lowest BCUT2D eigenvalue weighted by Gasteiger charge is -2.11. The Balaban J connectivity index is 1.86. The first-order chi connectivity index (χ1) is 13.3. The van der Waals surface area contributed by atoms with Crippen LogP contribution in [0.5, 0.6) is 0 Å². The third-order valence-electron chi connectivity index (χ3n) is 5.70. The monoisotopic (exact) mass is 371 g/mol. The number of aryl methyl sites for hydroxylation is 1. The summed E-state index contributed by atoms with van der Waals surface area (Å²) >= 11 is 0. The van der Waals surface area contributed by atoms with Gasteiger partial charge in [-0.3, -0.25) is 0 Å². The average molecular weight is 372 g/mol. The Kier molecular flexibility index (Phi) is 15.1. The van der Waals surface area contributed by atoms with Gasteiger partial charge in [-0.15, -0.1) is 0 Å². The molecule has 0 aromatic heterocycles. The van der Waals surface area contributed by atoms with Crippen molar-refractivity contribution < 1.29 is 0 Å². The summed E-state index contributed by atoms with van der Waals surface area (Å²) in [5.41, 5.74) is 8.88. The fourth-order valence-corrected chi connectivity index (χ4v) is 3.74. The van der Waals surface area contributed by atoms with Crippen molar-refractivity contribution >= 4 is 6.08 Å². The lowest BCUT2D eigenvalue weighted by Crippen LogP contribution is -2.20. The molecule has 0 spiro atoms. The molecule has 0 amide bonds. The van der Waals surface area contributed by atoms with Gasteiger partial charge in [0.15, 0.2) is 0 Å². The molecule has 0 bridgehead atoms. The lowest BCUT2D eigenvalue weighted by atomic mass is 9.99. The minimum Gasteiger partial charge on any atom is -0.328 e. The molecule has 154 valence electrons.